The number of ether oxygens (including phenoxy) is 2. The minimum atomic E-state index is -0.481. The van der Waals surface area contributed by atoms with Crippen molar-refractivity contribution in [1.82, 2.24) is 0 Å². The fraction of sp³-hybridized carbons (Fsp3) is 0.211. The molecule has 0 aromatic heterocycles. The summed E-state index contributed by atoms with van der Waals surface area (Å²) >= 11 is 0. The molecule has 2 aromatic carbocycles. The van der Waals surface area contributed by atoms with E-state index in [9.17, 15) is 14.9 Å². The van der Waals surface area contributed by atoms with Crippen molar-refractivity contribution in [2.24, 2.45) is 0 Å². The second-order valence-electron chi connectivity index (χ2n) is 5.20. The van der Waals surface area contributed by atoms with Crippen molar-refractivity contribution in [1.29, 1.82) is 0 Å². The summed E-state index contributed by atoms with van der Waals surface area (Å²) in [4.78, 5) is 22.5. The van der Waals surface area contributed by atoms with Crippen molar-refractivity contribution in [3.05, 3.63) is 64.2 Å². The summed E-state index contributed by atoms with van der Waals surface area (Å²) in [6.07, 6.45) is 2.82. The zero-order valence-corrected chi connectivity index (χ0v) is 14.6. The summed E-state index contributed by atoms with van der Waals surface area (Å²) < 4.78 is 10.9. The summed E-state index contributed by atoms with van der Waals surface area (Å²) in [6.45, 7) is 4.69. The molecule has 0 bridgehead atoms. The van der Waals surface area contributed by atoms with Crippen LogP contribution in [0.4, 0.5) is 11.4 Å². The highest BCUT2D eigenvalue weighted by atomic mass is 16.6. The summed E-state index contributed by atoms with van der Waals surface area (Å²) in [5, 5.41) is 13.5. The molecule has 1 amide bonds. The second-order valence-corrected chi connectivity index (χ2v) is 5.20. The zero-order chi connectivity index (χ0) is 18.9. The smallest absolute Gasteiger partial charge is 0.270 e. The molecule has 0 aliphatic rings. The number of nitro groups is 1. The van der Waals surface area contributed by atoms with Gasteiger partial charge in [0.15, 0.2) is 0 Å². The van der Waals surface area contributed by atoms with E-state index in [1.807, 2.05) is 13.8 Å². The predicted octanol–water partition coefficient (Wildman–Crippen LogP) is 4.04. The number of carbonyl (C=O) groups excluding carboxylic acids is 1. The maximum Gasteiger partial charge on any atom is 0.270 e. The summed E-state index contributed by atoms with van der Waals surface area (Å²) in [5.41, 5.74) is 1.02. The number of nitro benzene ring substituents is 1. The van der Waals surface area contributed by atoms with Gasteiger partial charge in [0.05, 0.1) is 23.8 Å². The fourth-order valence-corrected chi connectivity index (χ4v) is 2.23. The van der Waals surface area contributed by atoms with Gasteiger partial charge in [0.2, 0.25) is 5.91 Å². The van der Waals surface area contributed by atoms with Crippen molar-refractivity contribution < 1.29 is 19.2 Å². The monoisotopic (exact) mass is 356 g/mol. The van der Waals surface area contributed by atoms with Crippen molar-refractivity contribution in [3.8, 4) is 11.5 Å². The number of anilines is 1. The third kappa shape index (κ3) is 5.34. The Labute approximate surface area is 151 Å². The van der Waals surface area contributed by atoms with E-state index < -0.39 is 4.92 Å². The Kier molecular flexibility index (Phi) is 6.73. The SMILES string of the molecule is CCOc1ccc(OCC)c(NC(=O)/C=C/c2cccc([N+](=O)[O-])c2)c1. The molecule has 1 N–H and O–H groups in total. The average Bonchev–Trinajstić information content (AvgIpc) is 2.63. The molecule has 7 nitrogen and oxygen atoms in total. The molecule has 0 saturated carbocycles. The van der Waals surface area contributed by atoms with Crippen molar-refractivity contribution in [2.75, 3.05) is 18.5 Å². The Hall–Kier alpha value is -3.35. The number of nitrogens with zero attached hydrogens (tertiary/aromatic N) is 1. The Bertz CT molecular complexity index is 817. The number of carbonyl (C=O) groups is 1. The van der Waals surface area contributed by atoms with Gasteiger partial charge in [-0.3, -0.25) is 14.9 Å². The first-order valence-electron chi connectivity index (χ1n) is 8.16. The Morgan fingerprint density at radius 1 is 1.15 bits per heavy atom. The molecule has 0 saturated heterocycles. The molecule has 26 heavy (non-hydrogen) atoms. The largest absolute Gasteiger partial charge is 0.494 e. The topological polar surface area (TPSA) is 90.7 Å². The molecule has 0 fully saturated rings. The number of rotatable bonds is 8. The van der Waals surface area contributed by atoms with Crippen LogP contribution >= 0.6 is 0 Å². The van der Waals surface area contributed by atoms with Crippen LogP contribution in [-0.2, 0) is 4.79 Å². The molecular formula is C19H20N2O5. The summed E-state index contributed by atoms with van der Waals surface area (Å²) in [6, 6.07) is 11.2. The lowest BCUT2D eigenvalue weighted by Crippen LogP contribution is -2.10. The Morgan fingerprint density at radius 2 is 1.92 bits per heavy atom. The molecule has 2 aromatic rings. The summed E-state index contributed by atoms with van der Waals surface area (Å²) in [5.74, 6) is 0.771. The van der Waals surface area contributed by atoms with Gasteiger partial charge in [0.1, 0.15) is 11.5 Å². The highest BCUT2D eigenvalue weighted by molar-refractivity contribution is 6.02. The molecule has 0 aliphatic carbocycles. The van der Waals surface area contributed by atoms with Crippen LogP contribution in [0.2, 0.25) is 0 Å². The maximum absolute atomic E-state index is 12.2. The van der Waals surface area contributed by atoms with Gasteiger partial charge >= 0.3 is 0 Å². The number of nitrogens with one attached hydrogen (secondary N) is 1. The van der Waals surface area contributed by atoms with Crippen molar-refractivity contribution >= 4 is 23.4 Å². The molecule has 0 heterocycles. The van der Waals surface area contributed by atoms with E-state index in [0.29, 0.717) is 36.0 Å². The van der Waals surface area contributed by atoms with Crippen LogP contribution in [0.1, 0.15) is 19.4 Å². The van der Waals surface area contributed by atoms with E-state index in [1.54, 1.807) is 30.3 Å². The van der Waals surface area contributed by atoms with Crippen LogP contribution in [0.25, 0.3) is 6.08 Å². The third-order valence-electron chi connectivity index (χ3n) is 3.33. The molecule has 2 rings (SSSR count). The average molecular weight is 356 g/mol. The van der Waals surface area contributed by atoms with Gasteiger partial charge in [-0.05, 0) is 37.6 Å². The van der Waals surface area contributed by atoms with E-state index in [0.717, 1.165) is 0 Å². The minimum Gasteiger partial charge on any atom is -0.494 e. The Morgan fingerprint density at radius 3 is 2.62 bits per heavy atom. The number of hydrogen-bond acceptors (Lipinski definition) is 5. The highest BCUT2D eigenvalue weighted by Crippen LogP contribution is 2.29. The lowest BCUT2D eigenvalue weighted by atomic mass is 10.2. The van der Waals surface area contributed by atoms with Gasteiger partial charge in [-0.25, -0.2) is 0 Å². The number of non-ortho nitro benzene ring substituents is 1. The fourth-order valence-electron chi connectivity index (χ4n) is 2.23. The number of benzene rings is 2. The van der Waals surface area contributed by atoms with E-state index in [-0.39, 0.29) is 11.6 Å². The van der Waals surface area contributed by atoms with E-state index >= 15 is 0 Å². The maximum atomic E-state index is 12.2. The molecule has 0 radical (unpaired) electrons. The number of amides is 1. The van der Waals surface area contributed by atoms with Crippen LogP contribution in [-0.4, -0.2) is 24.0 Å². The van der Waals surface area contributed by atoms with Crippen LogP contribution in [0.15, 0.2) is 48.5 Å². The van der Waals surface area contributed by atoms with Gasteiger partial charge in [-0.15, -0.1) is 0 Å². The van der Waals surface area contributed by atoms with Gasteiger partial charge in [0.25, 0.3) is 5.69 Å². The molecule has 136 valence electrons. The highest BCUT2D eigenvalue weighted by Gasteiger charge is 2.09. The lowest BCUT2D eigenvalue weighted by Gasteiger charge is -2.12. The van der Waals surface area contributed by atoms with Gasteiger partial charge < -0.3 is 14.8 Å². The van der Waals surface area contributed by atoms with Crippen LogP contribution in [0, 0.1) is 10.1 Å². The molecule has 0 spiro atoms. The third-order valence-corrected chi connectivity index (χ3v) is 3.33. The first kappa shape index (κ1) is 19.0. The predicted molar refractivity (Wildman–Crippen MR) is 99.5 cm³/mol. The van der Waals surface area contributed by atoms with E-state index in [1.165, 1.54) is 24.3 Å². The lowest BCUT2D eigenvalue weighted by molar-refractivity contribution is -0.384. The molecule has 0 unspecified atom stereocenters. The van der Waals surface area contributed by atoms with Crippen molar-refractivity contribution in [2.45, 2.75) is 13.8 Å². The molecular weight excluding hydrogens is 336 g/mol. The molecule has 0 atom stereocenters. The van der Waals surface area contributed by atoms with Crippen LogP contribution < -0.4 is 14.8 Å². The first-order chi connectivity index (χ1) is 12.5. The zero-order valence-electron chi connectivity index (χ0n) is 14.6. The van der Waals surface area contributed by atoms with E-state index in [4.69, 9.17) is 9.47 Å². The van der Waals surface area contributed by atoms with Gasteiger partial charge in [-0.2, -0.15) is 0 Å². The van der Waals surface area contributed by atoms with Crippen molar-refractivity contribution in [3.63, 3.8) is 0 Å². The summed E-state index contributed by atoms with van der Waals surface area (Å²) in [7, 11) is 0. The second kappa shape index (κ2) is 9.22. The Balaban J connectivity index is 2.14. The minimum absolute atomic E-state index is 0.0318. The standard InChI is InChI=1S/C19H20N2O5/c1-3-25-16-9-10-18(26-4-2)17(13-16)20-19(22)11-8-14-6-5-7-15(12-14)21(23)24/h5-13H,3-4H2,1-2H3,(H,20,22)/b11-8+. The van der Waals surface area contributed by atoms with Gasteiger partial charge in [-0.1, -0.05) is 12.1 Å². The van der Waals surface area contributed by atoms with E-state index in [2.05, 4.69) is 5.32 Å². The first-order valence-corrected chi connectivity index (χ1v) is 8.16. The molecule has 7 heteroatoms. The quantitative estimate of drug-likeness (QED) is 0.438. The normalized spacial score (nSPS) is 10.5. The van der Waals surface area contributed by atoms with Crippen LogP contribution in [0.3, 0.4) is 0 Å². The van der Waals surface area contributed by atoms with Crippen LogP contribution in [0.5, 0.6) is 11.5 Å². The molecule has 0 aliphatic heterocycles. The van der Waals surface area contributed by atoms with Gasteiger partial charge in [0, 0.05) is 24.3 Å². The number of hydrogen-bond donors (Lipinski definition) is 1.